The molecule has 1 aromatic carbocycles. The highest BCUT2D eigenvalue weighted by Gasteiger charge is 2.24. The zero-order valence-electron chi connectivity index (χ0n) is 17.8. The van der Waals surface area contributed by atoms with Crippen LogP contribution in [0.4, 0.5) is 4.39 Å². The van der Waals surface area contributed by atoms with Crippen LogP contribution in [0.1, 0.15) is 45.3 Å². The van der Waals surface area contributed by atoms with E-state index in [1.165, 1.54) is 12.1 Å². The number of halogens is 2. The summed E-state index contributed by atoms with van der Waals surface area (Å²) in [5.41, 5.74) is 0.893. The number of nitrogens with one attached hydrogen (secondary N) is 2. The highest BCUT2D eigenvalue weighted by Crippen LogP contribution is 2.18. The van der Waals surface area contributed by atoms with Gasteiger partial charge in [0.2, 0.25) is 5.91 Å². The van der Waals surface area contributed by atoms with E-state index in [0.717, 1.165) is 44.0 Å². The standard InChI is InChI=1S/C21H33FN4O2.HI/c1-5-23-21(24-14-19(28-4)16-6-8-17(22)9-7-16)25-18-10-12-26(13-11-18)20(27)15(2)3;/h6-9,15,18-19H,5,10-14H2,1-4H3,(H2,23,24,25);1H. The molecule has 2 rings (SSSR count). The zero-order chi connectivity index (χ0) is 20.5. The van der Waals surface area contributed by atoms with Crippen LogP contribution in [0, 0.1) is 11.7 Å². The molecule has 1 amide bonds. The third kappa shape index (κ3) is 8.08. The van der Waals surface area contributed by atoms with Gasteiger partial charge in [-0.05, 0) is 37.5 Å². The van der Waals surface area contributed by atoms with Gasteiger partial charge in [-0.3, -0.25) is 9.79 Å². The Morgan fingerprint density at radius 2 is 1.90 bits per heavy atom. The first-order valence-corrected chi connectivity index (χ1v) is 10.1. The number of carbonyl (C=O) groups excluding carboxylic acids is 1. The molecule has 29 heavy (non-hydrogen) atoms. The van der Waals surface area contributed by atoms with Gasteiger partial charge in [-0.2, -0.15) is 0 Å². The van der Waals surface area contributed by atoms with Gasteiger partial charge in [-0.1, -0.05) is 26.0 Å². The fraction of sp³-hybridized carbons (Fsp3) is 0.619. The Kier molecular flexibility index (Phi) is 11.5. The van der Waals surface area contributed by atoms with Gasteiger partial charge in [-0.15, -0.1) is 24.0 Å². The minimum atomic E-state index is -0.264. The molecular formula is C21H34FIN4O2. The number of hydrogen-bond donors (Lipinski definition) is 2. The third-order valence-electron chi connectivity index (χ3n) is 4.93. The summed E-state index contributed by atoms with van der Waals surface area (Å²) in [6.07, 6.45) is 1.56. The fourth-order valence-electron chi connectivity index (χ4n) is 3.29. The van der Waals surface area contributed by atoms with E-state index in [9.17, 15) is 9.18 Å². The Morgan fingerprint density at radius 3 is 2.41 bits per heavy atom. The van der Waals surface area contributed by atoms with Crippen molar-refractivity contribution in [3.8, 4) is 0 Å². The number of hydrogen-bond acceptors (Lipinski definition) is 3. The highest BCUT2D eigenvalue weighted by molar-refractivity contribution is 14.0. The van der Waals surface area contributed by atoms with E-state index < -0.39 is 0 Å². The molecule has 8 heteroatoms. The van der Waals surface area contributed by atoms with Crippen molar-refractivity contribution in [2.24, 2.45) is 10.9 Å². The number of rotatable bonds is 7. The van der Waals surface area contributed by atoms with Crippen molar-refractivity contribution < 1.29 is 13.9 Å². The predicted octanol–water partition coefficient (Wildman–Crippen LogP) is 3.33. The Bertz CT molecular complexity index is 647. The summed E-state index contributed by atoms with van der Waals surface area (Å²) in [6, 6.07) is 6.59. The maximum atomic E-state index is 13.1. The maximum Gasteiger partial charge on any atom is 0.225 e. The van der Waals surface area contributed by atoms with E-state index in [1.54, 1.807) is 19.2 Å². The number of nitrogens with zero attached hydrogens (tertiary/aromatic N) is 2. The first-order chi connectivity index (χ1) is 13.4. The Balaban J connectivity index is 0.00000420. The van der Waals surface area contributed by atoms with E-state index >= 15 is 0 Å². The second kappa shape index (κ2) is 13.0. The molecule has 1 unspecified atom stereocenters. The van der Waals surface area contributed by atoms with Gasteiger partial charge in [0, 0.05) is 38.7 Å². The number of amides is 1. The SMILES string of the molecule is CCNC(=NCC(OC)c1ccc(F)cc1)NC1CCN(C(=O)C(C)C)CC1.I. The molecule has 0 bridgehead atoms. The number of carbonyl (C=O) groups is 1. The molecule has 0 saturated carbocycles. The number of aliphatic imine (C=N–C) groups is 1. The lowest BCUT2D eigenvalue weighted by molar-refractivity contribution is -0.135. The van der Waals surface area contributed by atoms with Crippen molar-refractivity contribution in [1.29, 1.82) is 0 Å². The summed E-state index contributed by atoms with van der Waals surface area (Å²) in [6.45, 7) is 8.63. The van der Waals surface area contributed by atoms with Crippen LogP contribution in [0.3, 0.4) is 0 Å². The topological polar surface area (TPSA) is 66.0 Å². The molecule has 1 saturated heterocycles. The van der Waals surface area contributed by atoms with E-state index in [-0.39, 0.29) is 53.8 Å². The molecule has 0 radical (unpaired) electrons. The molecular weight excluding hydrogens is 486 g/mol. The highest BCUT2D eigenvalue weighted by atomic mass is 127. The van der Waals surface area contributed by atoms with Crippen LogP contribution in [0.15, 0.2) is 29.3 Å². The lowest BCUT2D eigenvalue weighted by atomic mass is 10.0. The number of guanidine groups is 1. The molecule has 1 heterocycles. The Labute approximate surface area is 190 Å². The molecule has 2 N–H and O–H groups in total. The molecule has 0 aliphatic carbocycles. The molecule has 1 aliphatic rings. The maximum absolute atomic E-state index is 13.1. The van der Waals surface area contributed by atoms with Crippen molar-refractivity contribution in [2.45, 2.75) is 45.8 Å². The molecule has 164 valence electrons. The summed E-state index contributed by atoms with van der Waals surface area (Å²) >= 11 is 0. The number of piperidine rings is 1. The van der Waals surface area contributed by atoms with Crippen LogP contribution in [-0.2, 0) is 9.53 Å². The van der Waals surface area contributed by atoms with E-state index in [0.29, 0.717) is 6.54 Å². The van der Waals surface area contributed by atoms with Crippen LogP contribution in [0.2, 0.25) is 0 Å². The van der Waals surface area contributed by atoms with Gasteiger partial charge in [-0.25, -0.2) is 4.39 Å². The van der Waals surface area contributed by atoms with E-state index in [2.05, 4.69) is 15.6 Å². The lowest BCUT2D eigenvalue weighted by Gasteiger charge is -2.34. The number of benzene rings is 1. The first kappa shape index (κ1) is 25.6. The average molecular weight is 520 g/mol. The molecule has 1 atom stereocenters. The third-order valence-corrected chi connectivity index (χ3v) is 4.93. The zero-order valence-corrected chi connectivity index (χ0v) is 20.1. The van der Waals surface area contributed by atoms with Crippen LogP contribution < -0.4 is 10.6 Å². The average Bonchev–Trinajstić information content (AvgIpc) is 2.69. The van der Waals surface area contributed by atoms with Crippen LogP contribution in [0.5, 0.6) is 0 Å². The Hall–Kier alpha value is -1.42. The first-order valence-electron chi connectivity index (χ1n) is 10.1. The molecule has 1 aromatic rings. The largest absolute Gasteiger partial charge is 0.375 e. The van der Waals surface area contributed by atoms with Crippen molar-refractivity contribution in [1.82, 2.24) is 15.5 Å². The Morgan fingerprint density at radius 1 is 1.28 bits per heavy atom. The van der Waals surface area contributed by atoms with Crippen molar-refractivity contribution >= 4 is 35.8 Å². The fourth-order valence-corrected chi connectivity index (χ4v) is 3.29. The minimum absolute atomic E-state index is 0. The summed E-state index contributed by atoms with van der Waals surface area (Å²) in [5.74, 6) is 0.738. The number of ether oxygens (including phenoxy) is 1. The van der Waals surface area contributed by atoms with Gasteiger partial charge in [0.1, 0.15) is 11.9 Å². The van der Waals surface area contributed by atoms with Crippen molar-refractivity contribution in [3.63, 3.8) is 0 Å². The molecule has 1 fully saturated rings. The summed E-state index contributed by atoms with van der Waals surface area (Å²) < 4.78 is 18.7. The van der Waals surface area contributed by atoms with Gasteiger partial charge in [0.25, 0.3) is 0 Å². The van der Waals surface area contributed by atoms with Crippen molar-refractivity contribution in [3.05, 3.63) is 35.6 Å². The summed E-state index contributed by atoms with van der Waals surface area (Å²) in [4.78, 5) is 18.7. The van der Waals surface area contributed by atoms with E-state index in [1.807, 2.05) is 25.7 Å². The van der Waals surface area contributed by atoms with Crippen LogP contribution >= 0.6 is 24.0 Å². The normalized spacial score (nSPS) is 16.3. The predicted molar refractivity (Wildman–Crippen MR) is 125 cm³/mol. The van der Waals surface area contributed by atoms with Gasteiger partial charge in [0.05, 0.1) is 6.54 Å². The van der Waals surface area contributed by atoms with E-state index in [4.69, 9.17) is 4.74 Å². The molecule has 0 aromatic heterocycles. The monoisotopic (exact) mass is 520 g/mol. The van der Waals surface area contributed by atoms with Gasteiger partial charge in [0.15, 0.2) is 5.96 Å². The lowest BCUT2D eigenvalue weighted by Crippen LogP contribution is -2.50. The second-order valence-electron chi connectivity index (χ2n) is 7.39. The number of methoxy groups -OCH3 is 1. The quantitative estimate of drug-likeness (QED) is 0.329. The summed E-state index contributed by atoms with van der Waals surface area (Å²) in [7, 11) is 1.63. The molecule has 6 nitrogen and oxygen atoms in total. The van der Waals surface area contributed by atoms with Gasteiger partial charge < -0.3 is 20.3 Å². The molecule has 0 spiro atoms. The van der Waals surface area contributed by atoms with Gasteiger partial charge >= 0.3 is 0 Å². The molecule has 1 aliphatic heterocycles. The summed E-state index contributed by atoms with van der Waals surface area (Å²) in [5, 5.41) is 6.74. The van der Waals surface area contributed by atoms with Crippen molar-refractivity contribution in [2.75, 3.05) is 33.3 Å². The minimum Gasteiger partial charge on any atom is -0.375 e. The van der Waals surface area contributed by atoms with Crippen LogP contribution in [0.25, 0.3) is 0 Å². The van der Waals surface area contributed by atoms with Crippen LogP contribution in [-0.4, -0.2) is 56.1 Å². The number of likely N-dealkylation sites (tertiary alicyclic amines) is 1. The smallest absolute Gasteiger partial charge is 0.225 e. The second-order valence-corrected chi connectivity index (χ2v) is 7.39.